The zero-order chi connectivity index (χ0) is 23.2. The minimum Gasteiger partial charge on any atom is -0.381 e. The molecule has 4 aromatic rings. The Morgan fingerprint density at radius 1 is 1.26 bits per heavy atom. The molecular formula is C25H23N5O3S. The quantitative estimate of drug-likeness (QED) is 0.452. The summed E-state index contributed by atoms with van der Waals surface area (Å²) in [5.41, 5.74) is 4.05. The number of carbonyl (C=O) groups is 1. The van der Waals surface area contributed by atoms with Gasteiger partial charge in [0.25, 0.3) is 5.91 Å². The Hall–Kier alpha value is -3.40. The van der Waals surface area contributed by atoms with Crippen LogP contribution in [0, 0.1) is 0 Å². The molecule has 3 aromatic heterocycles. The molecule has 1 atom stereocenters. The molecule has 8 nitrogen and oxygen atoms in total. The molecule has 0 bridgehead atoms. The van der Waals surface area contributed by atoms with Gasteiger partial charge >= 0.3 is 0 Å². The minimum atomic E-state index is -0.0362. The summed E-state index contributed by atoms with van der Waals surface area (Å²) < 4.78 is 12.2. The first-order valence-corrected chi connectivity index (χ1v) is 12.0. The van der Waals surface area contributed by atoms with E-state index in [4.69, 9.17) is 14.5 Å². The monoisotopic (exact) mass is 473 g/mol. The number of ether oxygens (including phenoxy) is 2. The Morgan fingerprint density at radius 3 is 2.94 bits per heavy atom. The van der Waals surface area contributed by atoms with Gasteiger partial charge < -0.3 is 20.1 Å². The third-order valence-corrected chi connectivity index (χ3v) is 7.24. The number of nitrogens with zero attached hydrogens (tertiary/aromatic N) is 3. The smallest absolute Gasteiger partial charge is 0.263 e. The second-order valence-corrected chi connectivity index (χ2v) is 9.59. The molecule has 1 amide bonds. The van der Waals surface area contributed by atoms with Gasteiger partial charge in [-0.3, -0.25) is 4.79 Å². The van der Waals surface area contributed by atoms with E-state index in [2.05, 4.69) is 33.2 Å². The highest BCUT2D eigenvalue weighted by atomic mass is 32.1. The van der Waals surface area contributed by atoms with Crippen LogP contribution in [0.3, 0.4) is 0 Å². The lowest BCUT2D eigenvalue weighted by molar-refractivity contribution is -0.135. The zero-order valence-corrected chi connectivity index (χ0v) is 19.4. The second kappa shape index (κ2) is 8.43. The maximum atomic E-state index is 12.7. The van der Waals surface area contributed by atoms with Crippen molar-refractivity contribution < 1.29 is 14.3 Å². The summed E-state index contributed by atoms with van der Waals surface area (Å²) in [7, 11) is 0. The second-order valence-electron chi connectivity index (χ2n) is 8.54. The molecule has 0 aliphatic carbocycles. The Kier molecular flexibility index (Phi) is 5.24. The molecule has 172 valence electrons. The number of aromatic nitrogens is 3. The number of pyridine rings is 1. The Balaban J connectivity index is 1.45. The number of nitrogens with one attached hydrogen (secondary N) is 2. The molecular weight excluding hydrogens is 450 g/mol. The highest BCUT2D eigenvalue weighted by Gasteiger charge is 2.25. The van der Waals surface area contributed by atoms with E-state index in [1.165, 1.54) is 11.3 Å². The van der Waals surface area contributed by atoms with Crippen molar-refractivity contribution in [1.29, 1.82) is 0 Å². The zero-order valence-electron chi connectivity index (χ0n) is 18.6. The maximum Gasteiger partial charge on any atom is 0.263 e. The van der Waals surface area contributed by atoms with Crippen molar-refractivity contribution in [2.75, 3.05) is 25.1 Å². The summed E-state index contributed by atoms with van der Waals surface area (Å²) in [6, 6.07) is 8.11. The van der Waals surface area contributed by atoms with E-state index in [1.54, 1.807) is 12.3 Å². The molecule has 0 saturated carbocycles. The molecule has 2 aliphatic rings. The van der Waals surface area contributed by atoms with Crippen LogP contribution in [-0.4, -0.2) is 52.8 Å². The van der Waals surface area contributed by atoms with E-state index in [-0.39, 0.29) is 18.1 Å². The van der Waals surface area contributed by atoms with Crippen LogP contribution in [-0.2, 0) is 16.1 Å². The van der Waals surface area contributed by atoms with Crippen LogP contribution in [0.5, 0.6) is 0 Å². The molecule has 2 aliphatic heterocycles. The van der Waals surface area contributed by atoms with Crippen molar-refractivity contribution in [3.8, 4) is 11.4 Å². The normalized spacial score (nSPS) is 18.1. The minimum absolute atomic E-state index is 0.0362. The van der Waals surface area contributed by atoms with Gasteiger partial charge in [0.15, 0.2) is 5.82 Å². The van der Waals surface area contributed by atoms with Crippen LogP contribution in [0.25, 0.3) is 38.5 Å². The maximum absolute atomic E-state index is 12.7. The summed E-state index contributed by atoms with van der Waals surface area (Å²) in [4.78, 5) is 27.4. The van der Waals surface area contributed by atoms with Gasteiger partial charge in [0, 0.05) is 39.8 Å². The molecule has 1 fully saturated rings. The Morgan fingerprint density at radius 2 is 2.15 bits per heavy atom. The van der Waals surface area contributed by atoms with Crippen LogP contribution in [0.15, 0.2) is 37.0 Å². The number of benzene rings is 1. The fourth-order valence-electron chi connectivity index (χ4n) is 4.22. The number of fused-ring (bicyclic) bond motifs is 5. The number of rotatable bonds is 5. The average molecular weight is 474 g/mol. The lowest BCUT2D eigenvalue weighted by Gasteiger charge is -2.26. The van der Waals surface area contributed by atoms with Gasteiger partial charge in [-0.1, -0.05) is 6.58 Å². The van der Waals surface area contributed by atoms with E-state index < -0.39 is 0 Å². The molecule has 9 heteroatoms. The molecule has 2 N–H and O–H groups in total. The molecule has 6 rings (SSSR count). The topological polar surface area (TPSA) is 98.3 Å². The van der Waals surface area contributed by atoms with Gasteiger partial charge in [0.1, 0.15) is 11.0 Å². The summed E-state index contributed by atoms with van der Waals surface area (Å²) in [6.45, 7) is 8.07. The third kappa shape index (κ3) is 3.62. The Bertz CT molecular complexity index is 1450. The van der Waals surface area contributed by atoms with E-state index >= 15 is 0 Å². The van der Waals surface area contributed by atoms with Gasteiger partial charge in [-0.2, -0.15) is 0 Å². The number of hydrogen-bond donors (Lipinski definition) is 2. The summed E-state index contributed by atoms with van der Waals surface area (Å²) in [6.07, 6.45) is 3.50. The molecule has 1 saturated heterocycles. The Labute approximate surface area is 200 Å². The molecule has 34 heavy (non-hydrogen) atoms. The number of amides is 1. The van der Waals surface area contributed by atoms with Crippen LogP contribution in [0.2, 0.25) is 0 Å². The van der Waals surface area contributed by atoms with Crippen LogP contribution in [0.1, 0.15) is 28.0 Å². The van der Waals surface area contributed by atoms with E-state index in [0.717, 1.165) is 43.6 Å². The predicted molar refractivity (Wildman–Crippen MR) is 133 cm³/mol. The van der Waals surface area contributed by atoms with Crippen molar-refractivity contribution in [3.63, 3.8) is 0 Å². The third-order valence-electron chi connectivity index (χ3n) is 6.08. The standard InChI is InChI=1S/C25H23N5O3S/c1-3-20-26-9-14(10-33-15-11-32-12-15)22(30-20)18-5-4-16-17(29-18)6-7-19-21(16)23-24(34-19)25(31)28-13(2)8-27-23/h3-7,9,13,15,27H,1,8,10-12H2,2H3,(H,28,31)/t13-/m1/s1. The molecule has 0 spiro atoms. The fraction of sp³-hybridized carbons (Fsp3) is 0.280. The predicted octanol–water partition coefficient (Wildman–Crippen LogP) is 4.01. The first kappa shape index (κ1) is 21.2. The fourth-order valence-corrected chi connectivity index (χ4v) is 5.32. The molecule has 0 radical (unpaired) electrons. The highest BCUT2D eigenvalue weighted by molar-refractivity contribution is 7.21. The van der Waals surface area contributed by atoms with Crippen molar-refractivity contribution >= 4 is 50.0 Å². The lowest BCUT2D eigenvalue weighted by Crippen LogP contribution is -2.35. The van der Waals surface area contributed by atoms with Crippen molar-refractivity contribution in [2.45, 2.75) is 25.7 Å². The van der Waals surface area contributed by atoms with Gasteiger partial charge in [-0.15, -0.1) is 11.3 Å². The van der Waals surface area contributed by atoms with Crippen molar-refractivity contribution in [2.24, 2.45) is 0 Å². The first-order valence-electron chi connectivity index (χ1n) is 11.2. The average Bonchev–Trinajstić information content (AvgIpc) is 3.14. The van der Waals surface area contributed by atoms with Crippen LogP contribution >= 0.6 is 11.3 Å². The number of thiophene rings is 1. The van der Waals surface area contributed by atoms with Gasteiger partial charge in [0.05, 0.1) is 42.4 Å². The summed E-state index contributed by atoms with van der Waals surface area (Å²) in [5, 5.41) is 8.53. The largest absolute Gasteiger partial charge is 0.381 e. The molecule has 1 aromatic carbocycles. The number of carbonyl (C=O) groups excluding carboxylic acids is 1. The van der Waals surface area contributed by atoms with Gasteiger partial charge in [-0.05, 0) is 37.3 Å². The highest BCUT2D eigenvalue weighted by Crippen LogP contribution is 2.41. The first-order chi connectivity index (χ1) is 16.6. The van der Waals surface area contributed by atoms with Crippen LogP contribution in [0.4, 0.5) is 5.69 Å². The number of hydrogen-bond acceptors (Lipinski definition) is 8. The van der Waals surface area contributed by atoms with Gasteiger partial charge in [-0.25, -0.2) is 15.0 Å². The number of anilines is 1. The van der Waals surface area contributed by atoms with Crippen LogP contribution < -0.4 is 10.6 Å². The van der Waals surface area contributed by atoms with E-state index in [9.17, 15) is 4.79 Å². The van der Waals surface area contributed by atoms with Crippen molar-refractivity contribution in [1.82, 2.24) is 20.3 Å². The SMILES string of the molecule is C=Cc1ncc(COC2COC2)c(-c2ccc3c(ccc4sc5c(c43)NC[C@@H](C)NC5=O)n2)n1. The molecule has 0 unspecified atom stereocenters. The lowest BCUT2D eigenvalue weighted by atomic mass is 10.1. The summed E-state index contributed by atoms with van der Waals surface area (Å²) in [5.74, 6) is 0.501. The van der Waals surface area contributed by atoms with E-state index in [1.807, 2.05) is 25.1 Å². The van der Waals surface area contributed by atoms with E-state index in [0.29, 0.717) is 37.1 Å². The molecule has 5 heterocycles. The summed E-state index contributed by atoms with van der Waals surface area (Å²) >= 11 is 1.50. The van der Waals surface area contributed by atoms with Gasteiger partial charge in [0.2, 0.25) is 0 Å². The van der Waals surface area contributed by atoms with Crippen molar-refractivity contribution in [3.05, 3.63) is 53.3 Å².